The third-order valence-electron chi connectivity index (χ3n) is 4.46. The van der Waals surface area contributed by atoms with Crippen LogP contribution in [0.3, 0.4) is 0 Å². The van der Waals surface area contributed by atoms with Gasteiger partial charge in [-0.1, -0.05) is 6.07 Å². The Balaban J connectivity index is 1.72. The van der Waals surface area contributed by atoms with Gasteiger partial charge in [-0.25, -0.2) is 4.39 Å². The first-order valence-electron chi connectivity index (χ1n) is 7.36. The molecule has 2 saturated heterocycles. The van der Waals surface area contributed by atoms with Crippen LogP contribution < -0.4 is 0 Å². The molecule has 2 heterocycles. The average molecular weight is 332 g/mol. The van der Waals surface area contributed by atoms with E-state index in [2.05, 4.69) is 0 Å². The van der Waals surface area contributed by atoms with E-state index in [-0.39, 0.29) is 23.7 Å². The summed E-state index contributed by atoms with van der Waals surface area (Å²) in [6.07, 6.45) is -0.857. The Kier molecular flexibility index (Phi) is 4.23. The Hall–Kier alpha value is -1.04. The highest BCUT2D eigenvalue weighted by Crippen LogP contribution is 2.46. The highest BCUT2D eigenvalue weighted by atomic mass is 32.2. The lowest BCUT2D eigenvalue weighted by atomic mass is 9.90. The van der Waals surface area contributed by atoms with E-state index >= 15 is 0 Å². The second kappa shape index (κ2) is 5.87. The van der Waals surface area contributed by atoms with Crippen molar-refractivity contribution in [2.45, 2.75) is 48.8 Å². The summed E-state index contributed by atoms with van der Waals surface area (Å²) in [5.74, 6) is -1.37. The number of fused-ring (bicyclic) bond motifs is 2. The van der Waals surface area contributed by atoms with Gasteiger partial charge in [0, 0.05) is 22.8 Å². The molecule has 22 heavy (non-hydrogen) atoms. The van der Waals surface area contributed by atoms with Crippen LogP contribution >= 0.6 is 11.8 Å². The van der Waals surface area contributed by atoms with Crippen molar-refractivity contribution in [3.8, 4) is 0 Å². The second-order valence-electron chi connectivity index (χ2n) is 6.08. The number of hydrogen-bond acceptors (Lipinski definition) is 2. The number of Topliss-reactive ketones (excluding diaryl/α,β-unsaturated/α-hetero) is 1. The van der Waals surface area contributed by atoms with Crippen molar-refractivity contribution in [2.24, 2.45) is 5.92 Å². The SMILES string of the molecule is O=C(Cc1ccc(F)c(C(F)(F)F)c1)C1CC2CCC(C1)S2. The van der Waals surface area contributed by atoms with Crippen LogP contribution in [0.15, 0.2) is 18.2 Å². The molecule has 2 aliphatic heterocycles. The minimum Gasteiger partial charge on any atom is -0.299 e. The first-order chi connectivity index (χ1) is 10.3. The number of rotatable bonds is 3. The Morgan fingerprint density at radius 1 is 1.18 bits per heavy atom. The first kappa shape index (κ1) is 15.8. The molecule has 0 amide bonds. The van der Waals surface area contributed by atoms with Gasteiger partial charge in [0.2, 0.25) is 0 Å². The van der Waals surface area contributed by atoms with Gasteiger partial charge in [0.05, 0.1) is 5.56 Å². The summed E-state index contributed by atoms with van der Waals surface area (Å²) in [7, 11) is 0. The fourth-order valence-corrected chi connectivity index (χ4v) is 5.14. The Morgan fingerprint density at radius 2 is 1.82 bits per heavy atom. The van der Waals surface area contributed by atoms with Crippen molar-refractivity contribution in [2.75, 3.05) is 0 Å². The highest BCUT2D eigenvalue weighted by Gasteiger charge is 2.38. The molecule has 0 radical (unpaired) electrons. The topological polar surface area (TPSA) is 17.1 Å². The molecular weight excluding hydrogens is 316 g/mol. The normalized spacial score (nSPS) is 27.9. The molecule has 2 unspecified atom stereocenters. The van der Waals surface area contributed by atoms with Gasteiger partial charge in [-0.15, -0.1) is 0 Å². The third kappa shape index (κ3) is 3.31. The molecular formula is C16H16F4OS. The summed E-state index contributed by atoms with van der Waals surface area (Å²) in [6, 6.07) is 2.83. The summed E-state index contributed by atoms with van der Waals surface area (Å²) in [6.45, 7) is 0. The van der Waals surface area contributed by atoms with Crippen molar-refractivity contribution in [3.05, 3.63) is 35.1 Å². The number of hydrogen-bond donors (Lipinski definition) is 0. The third-order valence-corrected chi connectivity index (χ3v) is 6.09. The molecule has 0 spiro atoms. The molecule has 1 nitrogen and oxygen atoms in total. The Bertz CT molecular complexity index is 572. The number of benzene rings is 1. The van der Waals surface area contributed by atoms with Crippen molar-refractivity contribution in [3.63, 3.8) is 0 Å². The lowest BCUT2D eigenvalue weighted by Gasteiger charge is -2.26. The van der Waals surface area contributed by atoms with Crippen molar-refractivity contribution in [1.29, 1.82) is 0 Å². The van der Waals surface area contributed by atoms with E-state index in [1.807, 2.05) is 11.8 Å². The molecule has 3 rings (SSSR count). The summed E-state index contributed by atoms with van der Waals surface area (Å²) < 4.78 is 51.4. The summed E-state index contributed by atoms with van der Waals surface area (Å²) in [5.41, 5.74) is -1.05. The molecule has 0 N–H and O–H groups in total. The lowest BCUT2D eigenvalue weighted by Crippen LogP contribution is -2.26. The molecule has 2 fully saturated rings. The molecule has 0 saturated carbocycles. The minimum absolute atomic E-state index is 0.0167. The zero-order chi connectivity index (χ0) is 15.9. The lowest BCUT2D eigenvalue weighted by molar-refractivity contribution is -0.140. The standard InChI is InChI=1S/C16H16F4OS/c17-14-4-1-9(5-13(14)16(18,19)20)6-15(21)10-7-11-2-3-12(8-10)22-11/h1,4-5,10-12H,2-3,6-8H2. The van der Waals surface area contributed by atoms with Crippen LogP contribution in [-0.2, 0) is 17.4 Å². The number of ketones is 1. The molecule has 1 aromatic carbocycles. The van der Waals surface area contributed by atoms with Gasteiger partial charge in [-0.05, 0) is 43.4 Å². The summed E-state index contributed by atoms with van der Waals surface area (Å²) in [5, 5.41) is 1.04. The zero-order valence-corrected chi connectivity index (χ0v) is 12.6. The van der Waals surface area contributed by atoms with Crippen LogP contribution in [0.5, 0.6) is 0 Å². The molecule has 2 atom stereocenters. The van der Waals surface area contributed by atoms with Crippen LogP contribution in [0.2, 0.25) is 0 Å². The van der Waals surface area contributed by atoms with Crippen LogP contribution in [-0.4, -0.2) is 16.3 Å². The fourth-order valence-electron chi connectivity index (χ4n) is 3.37. The van der Waals surface area contributed by atoms with Gasteiger partial charge < -0.3 is 0 Å². The van der Waals surface area contributed by atoms with E-state index in [0.29, 0.717) is 10.5 Å². The van der Waals surface area contributed by atoms with E-state index < -0.39 is 17.6 Å². The van der Waals surface area contributed by atoms with Gasteiger partial charge in [0.25, 0.3) is 0 Å². The number of halogens is 4. The Morgan fingerprint density at radius 3 is 2.41 bits per heavy atom. The van der Waals surface area contributed by atoms with Gasteiger partial charge in [-0.2, -0.15) is 24.9 Å². The van der Waals surface area contributed by atoms with Crippen molar-refractivity contribution < 1.29 is 22.4 Å². The highest BCUT2D eigenvalue weighted by molar-refractivity contribution is 8.00. The van der Waals surface area contributed by atoms with E-state index in [1.165, 1.54) is 6.07 Å². The average Bonchev–Trinajstić information content (AvgIpc) is 2.78. The molecule has 1 aromatic rings. The molecule has 0 aromatic heterocycles. The van der Waals surface area contributed by atoms with E-state index in [4.69, 9.17) is 0 Å². The molecule has 0 aliphatic carbocycles. The number of carbonyl (C=O) groups excluding carboxylic acids is 1. The minimum atomic E-state index is -4.73. The van der Waals surface area contributed by atoms with E-state index in [1.54, 1.807) is 0 Å². The molecule has 6 heteroatoms. The predicted molar refractivity (Wildman–Crippen MR) is 77.2 cm³/mol. The quantitative estimate of drug-likeness (QED) is 0.751. The smallest absolute Gasteiger partial charge is 0.299 e. The van der Waals surface area contributed by atoms with E-state index in [9.17, 15) is 22.4 Å². The monoisotopic (exact) mass is 332 g/mol. The summed E-state index contributed by atoms with van der Waals surface area (Å²) >= 11 is 1.94. The van der Waals surface area contributed by atoms with Crippen LogP contribution in [0.4, 0.5) is 17.6 Å². The number of thioether (sulfide) groups is 1. The van der Waals surface area contributed by atoms with Crippen molar-refractivity contribution >= 4 is 17.5 Å². The van der Waals surface area contributed by atoms with Crippen molar-refractivity contribution in [1.82, 2.24) is 0 Å². The first-order valence-corrected chi connectivity index (χ1v) is 8.31. The van der Waals surface area contributed by atoms with Crippen LogP contribution in [0, 0.1) is 11.7 Å². The van der Waals surface area contributed by atoms with Gasteiger partial charge in [-0.3, -0.25) is 4.79 Å². The molecule has 120 valence electrons. The second-order valence-corrected chi connectivity index (χ2v) is 7.69. The maximum absolute atomic E-state index is 13.3. The maximum Gasteiger partial charge on any atom is 0.419 e. The Labute approximate surface area is 130 Å². The van der Waals surface area contributed by atoms with Gasteiger partial charge in [0.15, 0.2) is 0 Å². The zero-order valence-electron chi connectivity index (χ0n) is 11.8. The van der Waals surface area contributed by atoms with Gasteiger partial charge >= 0.3 is 6.18 Å². The predicted octanol–water partition coefficient (Wildman–Crippen LogP) is 4.63. The molecule has 2 aliphatic rings. The van der Waals surface area contributed by atoms with Crippen LogP contribution in [0.25, 0.3) is 0 Å². The largest absolute Gasteiger partial charge is 0.419 e. The van der Waals surface area contributed by atoms with Crippen LogP contribution in [0.1, 0.15) is 36.8 Å². The number of alkyl halides is 3. The van der Waals surface area contributed by atoms with Gasteiger partial charge in [0.1, 0.15) is 11.6 Å². The van der Waals surface area contributed by atoms with E-state index in [0.717, 1.165) is 37.8 Å². The molecule has 2 bridgehead atoms. The number of carbonyl (C=O) groups is 1. The fraction of sp³-hybridized carbons (Fsp3) is 0.562. The maximum atomic E-state index is 13.3. The summed E-state index contributed by atoms with van der Waals surface area (Å²) in [4.78, 5) is 12.3.